The zero-order valence-electron chi connectivity index (χ0n) is 14.5. The second kappa shape index (κ2) is 6.02. The highest BCUT2D eigenvalue weighted by atomic mass is 15.3. The Hall–Kier alpha value is -2.37. The van der Waals surface area contributed by atoms with Crippen molar-refractivity contribution in [3.8, 4) is 0 Å². The summed E-state index contributed by atoms with van der Waals surface area (Å²) in [7, 11) is 1.94. The number of nitrogens with zero attached hydrogens (tertiary/aromatic N) is 5. The molecule has 0 aliphatic carbocycles. The molecule has 0 radical (unpaired) electrons. The summed E-state index contributed by atoms with van der Waals surface area (Å²) in [5, 5.41) is 12.6. The molecule has 0 amide bonds. The molecule has 6 nitrogen and oxygen atoms in total. The summed E-state index contributed by atoms with van der Waals surface area (Å²) in [5.41, 5.74) is 5.34. The fraction of sp³-hybridized carbons (Fsp3) is 0.471. The second-order valence-electron chi connectivity index (χ2n) is 5.98. The SMILES string of the molecule is CCc1cc(NC(CC)c2cnn(C)c2)n2nc(C)c(C)c2n1. The summed E-state index contributed by atoms with van der Waals surface area (Å²) < 4.78 is 3.75. The normalized spacial score (nSPS) is 12.7. The third-order valence-corrected chi connectivity index (χ3v) is 4.33. The van der Waals surface area contributed by atoms with E-state index in [1.54, 1.807) is 0 Å². The Bertz CT molecular complexity index is 829. The first-order valence-corrected chi connectivity index (χ1v) is 8.14. The topological polar surface area (TPSA) is 60.0 Å². The maximum absolute atomic E-state index is 4.73. The maximum Gasteiger partial charge on any atom is 0.160 e. The van der Waals surface area contributed by atoms with E-state index in [4.69, 9.17) is 4.98 Å². The highest BCUT2D eigenvalue weighted by molar-refractivity contribution is 5.56. The zero-order valence-corrected chi connectivity index (χ0v) is 14.5. The van der Waals surface area contributed by atoms with Gasteiger partial charge in [0.25, 0.3) is 0 Å². The van der Waals surface area contributed by atoms with E-state index in [2.05, 4.69) is 48.5 Å². The van der Waals surface area contributed by atoms with Gasteiger partial charge in [-0.15, -0.1) is 0 Å². The van der Waals surface area contributed by atoms with Gasteiger partial charge in [0, 0.05) is 36.1 Å². The number of aromatic nitrogens is 5. The molecule has 0 fully saturated rings. The number of fused-ring (bicyclic) bond motifs is 1. The molecule has 1 N–H and O–H groups in total. The quantitative estimate of drug-likeness (QED) is 0.786. The van der Waals surface area contributed by atoms with Crippen LogP contribution >= 0.6 is 0 Å². The minimum Gasteiger partial charge on any atom is -0.363 e. The van der Waals surface area contributed by atoms with Crippen LogP contribution in [0.2, 0.25) is 0 Å². The van der Waals surface area contributed by atoms with Gasteiger partial charge in [0.15, 0.2) is 5.65 Å². The van der Waals surface area contributed by atoms with Crippen LogP contribution in [0.1, 0.15) is 48.8 Å². The lowest BCUT2D eigenvalue weighted by Crippen LogP contribution is -2.13. The molecule has 0 spiro atoms. The fourth-order valence-electron chi connectivity index (χ4n) is 2.78. The summed E-state index contributed by atoms with van der Waals surface area (Å²) in [5.74, 6) is 0.985. The predicted molar refractivity (Wildman–Crippen MR) is 91.7 cm³/mol. The highest BCUT2D eigenvalue weighted by Gasteiger charge is 2.16. The van der Waals surface area contributed by atoms with Crippen LogP contribution in [0.25, 0.3) is 5.65 Å². The average Bonchev–Trinajstić information content (AvgIpc) is 3.09. The Labute approximate surface area is 136 Å². The van der Waals surface area contributed by atoms with Gasteiger partial charge in [0.05, 0.1) is 17.9 Å². The summed E-state index contributed by atoms with van der Waals surface area (Å²) in [4.78, 5) is 4.73. The third-order valence-electron chi connectivity index (χ3n) is 4.33. The number of nitrogens with one attached hydrogen (secondary N) is 1. The summed E-state index contributed by atoms with van der Waals surface area (Å²) >= 11 is 0. The van der Waals surface area contributed by atoms with E-state index in [1.807, 2.05) is 29.4 Å². The molecule has 0 saturated carbocycles. The van der Waals surface area contributed by atoms with Crippen molar-refractivity contribution in [1.29, 1.82) is 0 Å². The van der Waals surface area contributed by atoms with Crippen molar-refractivity contribution in [2.75, 3.05) is 5.32 Å². The summed E-state index contributed by atoms with van der Waals surface area (Å²) in [6.45, 7) is 8.40. The van der Waals surface area contributed by atoms with Crippen LogP contribution in [0.5, 0.6) is 0 Å². The molecule has 1 unspecified atom stereocenters. The number of aryl methyl sites for hydroxylation is 4. The predicted octanol–water partition coefficient (Wildman–Crippen LogP) is 3.21. The van der Waals surface area contributed by atoms with Crippen molar-refractivity contribution in [2.24, 2.45) is 7.05 Å². The first-order valence-electron chi connectivity index (χ1n) is 8.14. The molecule has 0 saturated heterocycles. The first kappa shape index (κ1) is 15.5. The molecule has 3 rings (SSSR count). The summed E-state index contributed by atoms with van der Waals surface area (Å²) in [6.07, 6.45) is 5.84. The number of hydrogen-bond acceptors (Lipinski definition) is 4. The highest BCUT2D eigenvalue weighted by Crippen LogP contribution is 2.25. The van der Waals surface area contributed by atoms with Crippen molar-refractivity contribution in [1.82, 2.24) is 24.4 Å². The van der Waals surface area contributed by atoms with E-state index in [1.165, 1.54) is 5.56 Å². The van der Waals surface area contributed by atoms with Gasteiger partial charge in [-0.25, -0.2) is 4.98 Å². The lowest BCUT2D eigenvalue weighted by atomic mass is 10.1. The molecule has 0 aromatic carbocycles. The number of rotatable bonds is 5. The van der Waals surface area contributed by atoms with Gasteiger partial charge in [0.2, 0.25) is 0 Å². The molecule has 3 aromatic heterocycles. The van der Waals surface area contributed by atoms with Gasteiger partial charge < -0.3 is 5.32 Å². The molecule has 122 valence electrons. The molecule has 3 heterocycles. The Morgan fingerprint density at radius 3 is 2.65 bits per heavy atom. The van der Waals surface area contributed by atoms with Crippen molar-refractivity contribution in [2.45, 2.75) is 46.6 Å². The van der Waals surface area contributed by atoms with Gasteiger partial charge in [-0.1, -0.05) is 13.8 Å². The molecular formula is C17H24N6. The molecule has 0 aliphatic rings. The smallest absolute Gasteiger partial charge is 0.160 e. The Morgan fingerprint density at radius 2 is 2.04 bits per heavy atom. The van der Waals surface area contributed by atoms with Crippen LogP contribution in [-0.2, 0) is 13.5 Å². The van der Waals surface area contributed by atoms with E-state index >= 15 is 0 Å². The molecule has 0 bridgehead atoms. The second-order valence-corrected chi connectivity index (χ2v) is 5.98. The Morgan fingerprint density at radius 1 is 1.26 bits per heavy atom. The van der Waals surface area contributed by atoms with Crippen molar-refractivity contribution >= 4 is 11.5 Å². The third kappa shape index (κ3) is 2.81. The van der Waals surface area contributed by atoms with E-state index in [0.717, 1.165) is 41.3 Å². The van der Waals surface area contributed by atoms with Crippen molar-refractivity contribution < 1.29 is 0 Å². The largest absolute Gasteiger partial charge is 0.363 e. The van der Waals surface area contributed by atoms with Gasteiger partial charge in [-0.3, -0.25) is 4.68 Å². The van der Waals surface area contributed by atoms with Crippen LogP contribution in [0.4, 0.5) is 5.82 Å². The van der Waals surface area contributed by atoms with Gasteiger partial charge in [-0.05, 0) is 26.7 Å². The number of anilines is 1. The van der Waals surface area contributed by atoms with E-state index in [9.17, 15) is 0 Å². The molecular weight excluding hydrogens is 288 g/mol. The van der Waals surface area contributed by atoms with Crippen LogP contribution < -0.4 is 5.32 Å². The van der Waals surface area contributed by atoms with E-state index in [-0.39, 0.29) is 6.04 Å². The van der Waals surface area contributed by atoms with Gasteiger partial charge >= 0.3 is 0 Å². The zero-order chi connectivity index (χ0) is 16.6. The average molecular weight is 312 g/mol. The van der Waals surface area contributed by atoms with Crippen LogP contribution in [0.3, 0.4) is 0 Å². The standard InChI is InChI=1S/C17H24N6/c1-6-14-8-16(23-17(19-14)11(3)12(4)21-23)20-15(7-2)13-9-18-22(5)10-13/h8-10,15,20H,6-7H2,1-5H3. The lowest BCUT2D eigenvalue weighted by molar-refractivity contribution is 0.727. The van der Waals surface area contributed by atoms with Gasteiger partial charge in [-0.2, -0.15) is 14.7 Å². The molecule has 1 atom stereocenters. The maximum atomic E-state index is 4.73. The van der Waals surface area contributed by atoms with Crippen LogP contribution in [0, 0.1) is 13.8 Å². The molecule has 23 heavy (non-hydrogen) atoms. The Kier molecular flexibility index (Phi) is 4.07. The van der Waals surface area contributed by atoms with E-state index < -0.39 is 0 Å². The fourth-order valence-corrected chi connectivity index (χ4v) is 2.78. The van der Waals surface area contributed by atoms with Crippen molar-refractivity contribution in [3.63, 3.8) is 0 Å². The van der Waals surface area contributed by atoms with Gasteiger partial charge in [0.1, 0.15) is 5.82 Å². The monoisotopic (exact) mass is 312 g/mol. The number of hydrogen-bond donors (Lipinski definition) is 1. The molecule has 0 aliphatic heterocycles. The molecule has 6 heteroatoms. The molecule has 3 aromatic rings. The minimum absolute atomic E-state index is 0.198. The Balaban J connectivity index is 2.05. The van der Waals surface area contributed by atoms with Crippen molar-refractivity contribution in [3.05, 3.63) is 41.0 Å². The minimum atomic E-state index is 0.198. The van der Waals surface area contributed by atoms with Crippen LogP contribution in [0.15, 0.2) is 18.5 Å². The lowest BCUT2D eigenvalue weighted by Gasteiger charge is -2.18. The van der Waals surface area contributed by atoms with Crippen LogP contribution in [-0.4, -0.2) is 24.4 Å². The summed E-state index contributed by atoms with van der Waals surface area (Å²) in [6, 6.07) is 2.29. The van der Waals surface area contributed by atoms with E-state index in [0.29, 0.717) is 0 Å². The first-order chi connectivity index (χ1) is 11.0.